The lowest BCUT2D eigenvalue weighted by Crippen LogP contribution is -1.94. The highest BCUT2D eigenvalue weighted by molar-refractivity contribution is 8.05. The van der Waals surface area contributed by atoms with Gasteiger partial charge in [0.15, 0.2) is 0 Å². The zero-order valence-corrected chi connectivity index (χ0v) is 18.0. The Kier molecular flexibility index (Phi) is 4.27. The Balaban J connectivity index is 1.43. The SMILES string of the molecule is c1ccc2c(c1)Sc1ccc(-c3cccc4c3Sc3ccccc3S4)cc1S2. The minimum absolute atomic E-state index is 1.30. The first-order valence-corrected chi connectivity index (χ1v) is 12.3. The molecular weight excluding hydrogens is 417 g/mol. The van der Waals surface area contributed by atoms with Crippen LogP contribution in [0.4, 0.5) is 0 Å². The monoisotopic (exact) mass is 430 g/mol. The predicted octanol–water partition coefficient (Wildman–Crippen LogP) is 8.59. The zero-order chi connectivity index (χ0) is 18.5. The minimum atomic E-state index is 1.30. The van der Waals surface area contributed by atoms with E-state index in [1.807, 2.05) is 47.0 Å². The predicted molar refractivity (Wildman–Crippen MR) is 121 cm³/mol. The van der Waals surface area contributed by atoms with Gasteiger partial charge in [0.25, 0.3) is 0 Å². The second-order valence-electron chi connectivity index (χ2n) is 6.60. The molecule has 4 aromatic rings. The van der Waals surface area contributed by atoms with Crippen molar-refractivity contribution in [2.75, 3.05) is 0 Å². The van der Waals surface area contributed by atoms with Crippen molar-refractivity contribution < 1.29 is 0 Å². The Morgan fingerprint density at radius 3 is 1.64 bits per heavy atom. The Labute approximate surface area is 181 Å². The molecule has 2 aliphatic heterocycles. The Bertz CT molecular complexity index is 1230. The lowest BCUT2D eigenvalue weighted by molar-refractivity contribution is 1.14. The summed E-state index contributed by atoms with van der Waals surface area (Å²) < 4.78 is 0. The fourth-order valence-corrected chi connectivity index (χ4v) is 8.13. The maximum Gasteiger partial charge on any atom is 0.0340 e. The van der Waals surface area contributed by atoms with Gasteiger partial charge in [0, 0.05) is 39.2 Å². The molecule has 2 aliphatic rings. The first-order valence-electron chi connectivity index (χ1n) is 9.02. The lowest BCUT2D eigenvalue weighted by atomic mass is 10.1. The summed E-state index contributed by atoms with van der Waals surface area (Å²) >= 11 is 7.54. The van der Waals surface area contributed by atoms with Crippen molar-refractivity contribution in [3.8, 4) is 11.1 Å². The van der Waals surface area contributed by atoms with Gasteiger partial charge in [-0.2, -0.15) is 0 Å². The van der Waals surface area contributed by atoms with Crippen molar-refractivity contribution in [3.05, 3.63) is 84.9 Å². The number of rotatable bonds is 1. The summed E-state index contributed by atoms with van der Waals surface area (Å²) in [5, 5.41) is 0. The maximum atomic E-state index is 2.37. The van der Waals surface area contributed by atoms with Crippen molar-refractivity contribution in [2.24, 2.45) is 0 Å². The molecule has 0 aromatic heterocycles. The fraction of sp³-hybridized carbons (Fsp3) is 0. The summed E-state index contributed by atoms with van der Waals surface area (Å²) in [6.45, 7) is 0. The van der Waals surface area contributed by atoms with Crippen LogP contribution in [0.3, 0.4) is 0 Å². The molecule has 134 valence electrons. The molecule has 0 saturated carbocycles. The van der Waals surface area contributed by atoms with Gasteiger partial charge in [0.2, 0.25) is 0 Å². The third-order valence-electron chi connectivity index (χ3n) is 4.80. The molecule has 28 heavy (non-hydrogen) atoms. The van der Waals surface area contributed by atoms with Crippen LogP contribution in [0.5, 0.6) is 0 Å². The van der Waals surface area contributed by atoms with E-state index in [0.29, 0.717) is 0 Å². The van der Waals surface area contributed by atoms with Gasteiger partial charge < -0.3 is 0 Å². The van der Waals surface area contributed by atoms with Crippen LogP contribution in [0, 0.1) is 0 Å². The maximum absolute atomic E-state index is 2.37. The van der Waals surface area contributed by atoms with Crippen LogP contribution in [-0.2, 0) is 0 Å². The second kappa shape index (κ2) is 6.96. The first kappa shape index (κ1) is 17.2. The molecule has 6 rings (SSSR count). The van der Waals surface area contributed by atoms with Gasteiger partial charge in [0.1, 0.15) is 0 Å². The summed E-state index contributed by atoms with van der Waals surface area (Å²) in [5.74, 6) is 0. The van der Waals surface area contributed by atoms with Crippen LogP contribution >= 0.6 is 47.0 Å². The third-order valence-corrected chi connectivity index (χ3v) is 9.96. The van der Waals surface area contributed by atoms with Gasteiger partial charge >= 0.3 is 0 Å². The average Bonchev–Trinajstić information content (AvgIpc) is 2.75. The molecular formula is C24H14S4. The van der Waals surface area contributed by atoms with Crippen LogP contribution in [0.2, 0.25) is 0 Å². The molecule has 0 aliphatic carbocycles. The molecule has 0 unspecified atom stereocenters. The van der Waals surface area contributed by atoms with E-state index in [9.17, 15) is 0 Å². The van der Waals surface area contributed by atoms with E-state index in [1.54, 1.807) is 0 Å². The van der Waals surface area contributed by atoms with Crippen molar-refractivity contribution in [1.82, 2.24) is 0 Å². The van der Waals surface area contributed by atoms with Gasteiger partial charge in [-0.25, -0.2) is 0 Å². The number of hydrogen-bond acceptors (Lipinski definition) is 4. The number of hydrogen-bond donors (Lipinski definition) is 0. The van der Waals surface area contributed by atoms with Crippen LogP contribution in [-0.4, -0.2) is 0 Å². The zero-order valence-electron chi connectivity index (χ0n) is 14.7. The van der Waals surface area contributed by atoms with Crippen LogP contribution in [0.15, 0.2) is 124 Å². The molecule has 0 atom stereocenters. The van der Waals surface area contributed by atoms with E-state index in [1.165, 1.54) is 50.3 Å². The molecule has 0 nitrogen and oxygen atoms in total. The van der Waals surface area contributed by atoms with Gasteiger partial charge in [-0.3, -0.25) is 0 Å². The van der Waals surface area contributed by atoms with E-state index in [2.05, 4.69) is 84.9 Å². The van der Waals surface area contributed by atoms with E-state index in [-0.39, 0.29) is 0 Å². The number of benzene rings is 4. The molecule has 0 radical (unpaired) electrons. The van der Waals surface area contributed by atoms with Gasteiger partial charge in [-0.15, -0.1) is 0 Å². The van der Waals surface area contributed by atoms with E-state index in [0.717, 1.165) is 0 Å². The average molecular weight is 431 g/mol. The van der Waals surface area contributed by atoms with Crippen LogP contribution < -0.4 is 0 Å². The van der Waals surface area contributed by atoms with Crippen molar-refractivity contribution >= 4 is 47.0 Å². The molecule has 4 heteroatoms. The van der Waals surface area contributed by atoms with Crippen molar-refractivity contribution in [1.29, 1.82) is 0 Å². The molecule has 0 amide bonds. The van der Waals surface area contributed by atoms with E-state index < -0.39 is 0 Å². The topological polar surface area (TPSA) is 0 Å². The quantitative estimate of drug-likeness (QED) is 0.256. The van der Waals surface area contributed by atoms with Crippen LogP contribution in [0.1, 0.15) is 0 Å². The minimum Gasteiger partial charge on any atom is -0.0877 e. The standard InChI is InChI=1S/C24H14S4/c1-2-8-18-17(7-1)25-21-13-12-15(14-23(21)27-18)16-6-5-11-22-24(16)28-20-10-4-3-9-19(20)26-22/h1-14H. The molecule has 0 spiro atoms. The molecule has 4 aromatic carbocycles. The highest BCUT2D eigenvalue weighted by Crippen LogP contribution is 2.53. The summed E-state index contributed by atoms with van der Waals surface area (Å²) in [6.07, 6.45) is 0. The highest BCUT2D eigenvalue weighted by atomic mass is 32.2. The van der Waals surface area contributed by atoms with Crippen molar-refractivity contribution in [3.63, 3.8) is 0 Å². The Morgan fingerprint density at radius 2 is 0.929 bits per heavy atom. The lowest BCUT2D eigenvalue weighted by Gasteiger charge is -2.22. The Hall–Kier alpha value is -1.72. The van der Waals surface area contributed by atoms with E-state index >= 15 is 0 Å². The van der Waals surface area contributed by atoms with Gasteiger partial charge in [-0.05, 0) is 53.6 Å². The summed E-state index contributed by atoms with van der Waals surface area (Å²) in [5.41, 5.74) is 2.63. The molecule has 2 heterocycles. The number of fused-ring (bicyclic) bond motifs is 4. The summed E-state index contributed by atoms with van der Waals surface area (Å²) in [4.78, 5) is 10.8. The molecule has 0 saturated heterocycles. The second-order valence-corrected chi connectivity index (χ2v) is 10.9. The van der Waals surface area contributed by atoms with Crippen LogP contribution in [0.25, 0.3) is 11.1 Å². The van der Waals surface area contributed by atoms with Gasteiger partial charge in [-0.1, -0.05) is 89.5 Å². The molecule has 0 N–H and O–H groups in total. The summed E-state index contributed by atoms with van der Waals surface area (Å²) in [7, 11) is 0. The van der Waals surface area contributed by atoms with Gasteiger partial charge in [0.05, 0.1) is 0 Å². The van der Waals surface area contributed by atoms with E-state index in [4.69, 9.17) is 0 Å². The fourth-order valence-electron chi connectivity index (χ4n) is 3.47. The van der Waals surface area contributed by atoms with Crippen molar-refractivity contribution in [2.45, 2.75) is 39.2 Å². The smallest absolute Gasteiger partial charge is 0.0340 e. The first-order chi connectivity index (χ1) is 13.8. The normalized spacial score (nSPS) is 13.9. The molecule has 0 bridgehead atoms. The largest absolute Gasteiger partial charge is 0.0877 e. The molecule has 0 fully saturated rings. The summed E-state index contributed by atoms with van der Waals surface area (Å²) in [6, 6.07) is 31.0. The Morgan fingerprint density at radius 1 is 0.393 bits per heavy atom. The highest BCUT2D eigenvalue weighted by Gasteiger charge is 2.22. The third kappa shape index (κ3) is 2.91.